The molecule has 0 unspecified atom stereocenters. The number of esters is 2. The van der Waals surface area contributed by atoms with E-state index in [0.29, 0.717) is 24.8 Å². The number of nitrogens with zero attached hydrogens (tertiary/aromatic N) is 1. The Morgan fingerprint density at radius 1 is 0.750 bits per heavy atom. The summed E-state index contributed by atoms with van der Waals surface area (Å²) in [5, 5.41) is 2.52. The molecule has 3 aromatic rings. The minimum atomic E-state index is -1.12. The molecule has 0 aliphatic rings. The van der Waals surface area contributed by atoms with Crippen molar-refractivity contribution < 1.29 is 28.6 Å². The summed E-state index contributed by atoms with van der Waals surface area (Å²) in [6.45, 7) is 1.38. The van der Waals surface area contributed by atoms with E-state index in [1.165, 1.54) is 0 Å². The van der Waals surface area contributed by atoms with Crippen molar-refractivity contribution in [2.45, 2.75) is 32.1 Å². The maximum Gasteiger partial charge on any atom is 0.413 e. The van der Waals surface area contributed by atoms with Crippen molar-refractivity contribution in [3.05, 3.63) is 96.1 Å². The van der Waals surface area contributed by atoms with Crippen molar-refractivity contribution in [2.75, 3.05) is 29.7 Å². The van der Waals surface area contributed by atoms with Gasteiger partial charge >= 0.3 is 18.0 Å². The summed E-state index contributed by atoms with van der Waals surface area (Å²) in [7, 11) is 0. The van der Waals surface area contributed by atoms with Gasteiger partial charge in [0.25, 0.3) is 0 Å². The van der Waals surface area contributed by atoms with E-state index < -0.39 is 24.1 Å². The fourth-order valence-electron chi connectivity index (χ4n) is 3.73. The van der Waals surface area contributed by atoms with E-state index in [4.69, 9.17) is 37.4 Å². The maximum atomic E-state index is 12.9. The van der Waals surface area contributed by atoms with Crippen LogP contribution in [0, 0.1) is 0 Å². The number of rotatable bonds is 15. The van der Waals surface area contributed by atoms with Gasteiger partial charge in [-0.3, -0.25) is 4.79 Å². The Kier molecular flexibility index (Phi) is 13.1. The molecular formula is C30H32Cl2N2O6. The van der Waals surface area contributed by atoms with Crippen LogP contribution in [0.4, 0.5) is 10.5 Å². The minimum Gasteiger partial charge on any atom is -0.461 e. The molecule has 3 rings (SSSR count). The van der Waals surface area contributed by atoms with Crippen LogP contribution < -0.4 is 15.0 Å². The van der Waals surface area contributed by atoms with Crippen molar-refractivity contribution in [1.29, 1.82) is 0 Å². The Bertz CT molecular complexity index is 1190. The molecule has 40 heavy (non-hydrogen) atoms. The second-order valence-corrected chi connectivity index (χ2v) is 9.48. The van der Waals surface area contributed by atoms with Gasteiger partial charge in [-0.1, -0.05) is 60.7 Å². The van der Waals surface area contributed by atoms with E-state index in [0.717, 1.165) is 16.8 Å². The van der Waals surface area contributed by atoms with E-state index >= 15 is 0 Å². The van der Waals surface area contributed by atoms with Crippen LogP contribution in [0.2, 0.25) is 0 Å². The normalized spacial score (nSPS) is 11.2. The van der Waals surface area contributed by atoms with Crippen molar-refractivity contribution in [1.82, 2.24) is 5.32 Å². The van der Waals surface area contributed by atoms with Crippen LogP contribution in [0.1, 0.15) is 24.0 Å². The largest absolute Gasteiger partial charge is 0.461 e. The smallest absolute Gasteiger partial charge is 0.413 e. The van der Waals surface area contributed by atoms with E-state index in [1.54, 1.807) is 24.3 Å². The van der Waals surface area contributed by atoms with Gasteiger partial charge in [-0.2, -0.15) is 0 Å². The lowest BCUT2D eigenvalue weighted by atomic mass is 10.1. The van der Waals surface area contributed by atoms with Crippen molar-refractivity contribution in [3.63, 3.8) is 0 Å². The Hall–Kier alpha value is -3.75. The summed E-state index contributed by atoms with van der Waals surface area (Å²) < 4.78 is 16.1. The summed E-state index contributed by atoms with van der Waals surface area (Å²) in [4.78, 5) is 39.9. The van der Waals surface area contributed by atoms with Crippen LogP contribution in [0.15, 0.2) is 84.9 Å². The Morgan fingerprint density at radius 3 is 1.85 bits per heavy atom. The molecule has 0 aliphatic carbocycles. The fourth-order valence-corrected chi connectivity index (χ4v) is 4.14. The average molecular weight is 588 g/mol. The predicted molar refractivity (Wildman–Crippen MR) is 155 cm³/mol. The number of carbonyl (C=O) groups excluding carboxylic acids is 3. The van der Waals surface area contributed by atoms with Gasteiger partial charge in [-0.25, -0.2) is 9.59 Å². The number of nitrogens with one attached hydrogen (secondary N) is 1. The molecule has 1 N–H and O–H groups in total. The van der Waals surface area contributed by atoms with E-state index in [1.807, 2.05) is 65.6 Å². The second kappa shape index (κ2) is 17.0. The monoisotopic (exact) mass is 586 g/mol. The molecule has 0 bridgehead atoms. The molecular weight excluding hydrogens is 555 g/mol. The molecule has 0 aromatic heterocycles. The molecule has 0 aliphatic heterocycles. The SMILES string of the molecule is O=C(CC[C@H](NC(=O)Oc1ccc(N(CCCl)CCCl)cc1)C(=O)OCc1ccccc1)OCc1ccccc1. The minimum absolute atomic E-state index is 0.0217. The van der Waals surface area contributed by atoms with Gasteiger partial charge < -0.3 is 24.4 Å². The topological polar surface area (TPSA) is 94.2 Å². The Labute approximate surface area is 244 Å². The summed E-state index contributed by atoms with van der Waals surface area (Å²) in [5.41, 5.74) is 2.51. The van der Waals surface area contributed by atoms with Crippen molar-refractivity contribution in [3.8, 4) is 5.75 Å². The highest BCUT2D eigenvalue weighted by molar-refractivity contribution is 6.18. The average Bonchev–Trinajstić information content (AvgIpc) is 2.98. The van der Waals surface area contributed by atoms with Crippen LogP contribution in [-0.4, -0.2) is 48.9 Å². The standard InChI is InChI=1S/C30H32Cl2N2O6/c31-17-19-34(20-18-32)25-11-13-26(14-12-25)40-30(37)33-27(29(36)39-22-24-9-5-2-6-10-24)15-16-28(35)38-21-23-7-3-1-4-8-23/h1-14,27H,15-22H2,(H,33,37)/t27-/m0/s1. The third-order valence-electron chi connectivity index (χ3n) is 5.80. The van der Waals surface area contributed by atoms with Gasteiger partial charge in [0.1, 0.15) is 25.0 Å². The first-order chi connectivity index (χ1) is 19.5. The number of anilines is 1. The van der Waals surface area contributed by atoms with E-state index in [-0.39, 0.29) is 31.8 Å². The number of hydrogen-bond acceptors (Lipinski definition) is 7. The molecule has 1 atom stereocenters. The number of amides is 1. The van der Waals surface area contributed by atoms with Crippen molar-refractivity contribution >= 4 is 46.9 Å². The molecule has 10 heteroatoms. The van der Waals surface area contributed by atoms with Crippen molar-refractivity contribution in [2.24, 2.45) is 0 Å². The van der Waals surface area contributed by atoms with Gasteiger partial charge in [0.15, 0.2) is 0 Å². The zero-order chi connectivity index (χ0) is 28.6. The van der Waals surface area contributed by atoms with E-state index in [2.05, 4.69) is 5.32 Å². The van der Waals surface area contributed by atoms with E-state index in [9.17, 15) is 14.4 Å². The lowest BCUT2D eigenvalue weighted by Crippen LogP contribution is -2.43. The Morgan fingerprint density at radius 2 is 1.30 bits per heavy atom. The first kappa shape index (κ1) is 30.8. The molecule has 212 valence electrons. The highest BCUT2D eigenvalue weighted by atomic mass is 35.5. The van der Waals surface area contributed by atoms with Crippen LogP contribution in [0.25, 0.3) is 0 Å². The highest BCUT2D eigenvalue weighted by Crippen LogP contribution is 2.20. The Balaban J connectivity index is 1.58. The molecule has 0 heterocycles. The van der Waals surface area contributed by atoms with Gasteiger partial charge in [0, 0.05) is 37.0 Å². The summed E-state index contributed by atoms with van der Waals surface area (Å²) in [5.74, 6) is -0.0339. The molecule has 0 fully saturated rings. The number of alkyl halides is 2. The van der Waals surface area contributed by atoms with Gasteiger partial charge in [-0.15, -0.1) is 23.2 Å². The number of halogens is 2. The maximum absolute atomic E-state index is 12.9. The van der Waals surface area contributed by atoms with Gasteiger partial charge in [-0.05, 0) is 41.8 Å². The number of benzene rings is 3. The lowest BCUT2D eigenvalue weighted by molar-refractivity contribution is -0.148. The molecule has 0 spiro atoms. The first-order valence-electron chi connectivity index (χ1n) is 12.8. The number of carbonyl (C=O) groups is 3. The summed E-state index contributed by atoms with van der Waals surface area (Å²) in [6, 6.07) is 24.1. The highest BCUT2D eigenvalue weighted by Gasteiger charge is 2.25. The summed E-state index contributed by atoms with van der Waals surface area (Å²) >= 11 is 11.7. The fraction of sp³-hybridized carbons (Fsp3) is 0.300. The second-order valence-electron chi connectivity index (χ2n) is 8.72. The molecule has 0 saturated heterocycles. The number of ether oxygens (including phenoxy) is 3. The third-order valence-corrected chi connectivity index (χ3v) is 6.14. The molecule has 0 saturated carbocycles. The molecule has 8 nitrogen and oxygen atoms in total. The van der Waals surface area contributed by atoms with Gasteiger partial charge in [0.05, 0.1) is 0 Å². The predicted octanol–water partition coefficient (Wildman–Crippen LogP) is 5.69. The zero-order valence-corrected chi connectivity index (χ0v) is 23.5. The lowest BCUT2D eigenvalue weighted by Gasteiger charge is -2.23. The van der Waals surface area contributed by atoms with Crippen LogP contribution >= 0.6 is 23.2 Å². The molecule has 1 amide bonds. The summed E-state index contributed by atoms with van der Waals surface area (Å²) in [6.07, 6.45) is -0.990. The first-order valence-corrected chi connectivity index (χ1v) is 13.9. The van der Waals surface area contributed by atoms with Gasteiger partial charge in [0.2, 0.25) is 0 Å². The zero-order valence-electron chi connectivity index (χ0n) is 22.0. The molecule has 3 aromatic carbocycles. The van der Waals surface area contributed by atoms with Crippen LogP contribution in [0.5, 0.6) is 5.75 Å². The quantitative estimate of drug-likeness (QED) is 0.180. The van der Waals surface area contributed by atoms with Crippen LogP contribution in [0.3, 0.4) is 0 Å². The third kappa shape index (κ3) is 10.8. The number of hydrogen-bond donors (Lipinski definition) is 1. The van der Waals surface area contributed by atoms with Crippen LogP contribution in [-0.2, 0) is 32.3 Å². The molecule has 0 radical (unpaired) electrons.